The van der Waals surface area contributed by atoms with Gasteiger partial charge in [-0.3, -0.25) is 4.79 Å². The van der Waals surface area contributed by atoms with Gasteiger partial charge in [0.1, 0.15) is 17.3 Å². The summed E-state index contributed by atoms with van der Waals surface area (Å²) in [6.45, 7) is 0. The van der Waals surface area contributed by atoms with Crippen LogP contribution in [0.4, 0.5) is 10.1 Å². The number of benzene rings is 2. The molecule has 0 aliphatic rings. The van der Waals surface area contributed by atoms with E-state index in [1.165, 1.54) is 30.3 Å². The standard InChI is InChI=1S/C13H10BrFN2O2/c14-7-3-8(15)5-10(4-7)19-12-6-9(16)1-2-11(12)13(17)18/h1-6H,16H2,(H2,17,18). The van der Waals surface area contributed by atoms with E-state index in [1.807, 2.05) is 0 Å². The van der Waals surface area contributed by atoms with Gasteiger partial charge in [0.05, 0.1) is 5.56 Å². The topological polar surface area (TPSA) is 78.3 Å². The van der Waals surface area contributed by atoms with E-state index in [1.54, 1.807) is 6.07 Å². The number of amides is 1. The number of halogens is 2. The number of rotatable bonds is 3. The van der Waals surface area contributed by atoms with Crippen LogP contribution in [0.3, 0.4) is 0 Å². The van der Waals surface area contributed by atoms with E-state index in [9.17, 15) is 9.18 Å². The molecule has 1 amide bonds. The van der Waals surface area contributed by atoms with Crippen LogP contribution in [0.25, 0.3) is 0 Å². The van der Waals surface area contributed by atoms with E-state index in [2.05, 4.69) is 15.9 Å². The van der Waals surface area contributed by atoms with E-state index < -0.39 is 11.7 Å². The Morgan fingerprint density at radius 1 is 1.21 bits per heavy atom. The molecule has 0 saturated heterocycles. The van der Waals surface area contributed by atoms with E-state index in [4.69, 9.17) is 16.2 Å². The maximum Gasteiger partial charge on any atom is 0.252 e. The molecule has 0 atom stereocenters. The zero-order chi connectivity index (χ0) is 14.0. The second-order valence-electron chi connectivity index (χ2n) is 3.83. The predicted octanol–water partition coefficient (Wildman–Crippen LogP) is 3.06. The summed E-state index contributed by atoms with van der Waals surface area (Å²) in [6.07, 6.45) is 0. The molecular weight excluding hydrogens is 315 g/mol. The third kappa shape index (κ3) is 3.23. The van der Waals surface area contributed by atoms with Crippen molar-refractivity contribution >= 4 is 27.5 Å². The summed E-state index contributed by atoms with van der Waals surface area (Å²) in [5, 5.41) is 0. The lowest BCUT2D eigenvalue weighted by atomic mass is 10.1. The molecule has 0 aromatic heterocycles. The Morgan fingerprint density at radius 2 is 1.95 bits per heavy atom. The van der Waals surface area contributed by atoms with Crippen LogP contribution in [-0.4, -0.2) is 5.91 Å². The smallest absolute Gasteiger partial charge is 0.252 e. The van der Waals surface area contributed by atoms with Crippen LogP contribution in [0.5, 0.6) is 11.5 Å². The third-order valence-electron chi connectivity index (χ3n) is 2.34. The predicted molar refractivity (Wildman–Crippen MR) is 73.5 cm³/mol. The van der Waals surface area contributed by atoms with Gasteiger partial charge in [-0.05, 0) is 24.3 Å². The Hall–Kier alpha value is -2.08. The van der Waals surface area contributed by atoms with Gasteiger partial charge in [-0.2, -0.15) is 0 Å². The van der Waals surface area contributed by atoms with Crippen molar-refractivity contribution in [3.8, 4) is 11.5 Å². The summed E-state index contributed by atoms with van der Waals surface area (Å²) in [6, 6.07) is 8.51. The van der Waals surface area contributed by atoms with Gasteiger partial charge in [0.2, 0.25) is 0 Å². The molecule has 6 heteroatoms. The van der Waals surface area contributed by atoms with Gasteiger partial charge in [0, 0.05) is 22.3 Å². The normalized spacial score (nSPS) is 10.2. The summed E-state index contributed by atoms with van der Waals surface area (Å²) < 4.78 is 19.2. The Kier molecular flexibility index (Phi) is 3.71. The largest absolute Gasteiger partial charge is 0.456 e. The first-order valence-corrected chi connectivity index (χ1v) is 6.08. The minimum absolute atomic E-state index is 0.176. The Balaban J connectivity index is 2.42. The maximum absolute atomic E-state index is 13.2. The number of nitrogens with two attached hydrogens (primary N) is 2. The van der Waals surface area contributed by atoms with Gasteiger partial charge < -0.3 is 16.2 Å². The highest BCUT2D eigenvalue weighted by Crippen LogP contribution is 2.29. The van der Waals surface area contributed by atoms with Crippen molar-refractivity contribution in [1.29, 1.82) is 0 Å². The second kappa shape index (κ2) is 5.27. The molecule has 0 saturated carbocycles. The van der Waals surface area contributed by atoms with Crippen molar-refractivity contribution in [3.63, 3.8) is 0 Å². The molecule has 2 aromatic rings. The molecule has 0 heterocycles. The van der Waals surface area contributed by atoms with Crippen LogP contribution in [0, 0.1) is 5.82 Å². The Labute approximate surface area is 117 Å². The van der Waals surface area contributed by atoms with Crippen LogP contribution >= 0.6 is 15.9 Å². The van der Waals surface area contributed by atoms with Gasteiger partial charge in [-0.25, -0.2) is 4.39 Å². The molecule has 4 N–H and O–H groups in total. The van der Waals surface area contributed by atoms with E-state index >= 15 is 0 Å². The first kappa shape index (κ1) is 13.4. The lowest BCUT2D eigenvalue weighted by molar-refractivity contribution is 0.0998. The van der Waals surface area contributed by atoms with Gasteiger partial charge >= 0.3 is 0 Å². The number of hydrogen-bond donors (Lipinski definition) is 2. The summed E-state index contributed by atoms with van der Waals surface area (Å²) in [7, 11) is 0. The maximum atomic E-state index is 13.2. The minimum Gasteiger partial charge on any atom is -0.456 e. The SMILES string of the molecule is NC(=O)c1ccc(N)cc1Oc1cc(F)cc(Br)c1. The van der Waals surface area contributed by atoms with Gasteiger partial charge in [0.15, 0.2) is 0 Å². The molecular formula is C13H10BrFN2O2. The number of anilines is 1. The summed E-state index contributed by atoms with van der Waals surface area (Å²) in [5.74, 6) is -0.690. The zero-order valence-electron chi connectivity index (χ0n) is 9.69. The first-order valence-electron chi connectivity index (χ1n) is 5.29. The number of nitrogen functional groups attached to an aromatic ring is 1. The van der Waals surface area contributed by atoms with Crippen LogP contribution in [0.15, 0.2) is 40.9 Å². The van der Waals surface area contributed by atoms with E-state index in [0.29, 0.717) is 10.2 Å². The van der Waals surface area contributed by atoms with Crippen LogP contribution in [0.1, 0.15) is 10.4 Å². The zero-order valence-corrected chi connectivity index (χ0v) is 11.3. The van der Waals surface area contributed by atoms with Crippen molar-refractivity contribution in [2.24, 2.45) is 5.73 Å². The first-order chi connectivity index (χ1) is 8.95. The molecule has 0 radical (unpaired) electrons. The van der Waals surface area contributed by atoms with Gasteiger partial charge in [-0.15, -0.1) is 0 Å². The van der Waals surface area contributed by atoms with Crippen molar-refractivity contribution in [2.75, 3.05) is 5.73 Å². The fourth-order valence-electron chi connectivity index (χ4n) is 1.54. The van der Waals surface area contributed by atoms with Crippen molar-refractivity contribution in [3.05, 3.63) is 52.3 Å². The Bertz CT molecular complexity index is 626. The monoisotopic (exact) mass is 324 g/mol. The molecule has 2 aromatic carbocycles. The summed E-state index contributed by atoms with van der Waals surface area (Å²) in [4.78, 5) is 11.3. The van der Waals surface area contributed by atoms with Gasteiger partial charge in [-0.1, -0.05) is 15.9 Å². The van der Waals surface area contributed by atoms with Crippen LogP contribution < -0.4 is 16.2 Å². The lowest BCUT2D eigenvalue weighted by Crippen LogP contribution is -2.12. The molecule has 98 valence electrons. The molecule has 19 heavy (non-hydrogen) atoms. The molecule has 4 nitrogen and oxygen atoms in total. The number of ether oxygens (including phenoxy) is 1. The second-order valence-corrected chi connectivity index (χ2v) is 4.74. The molecule has 2 rings (SSSR count). The average Bonchev–Trinajstić information content (AvgIpc) is 2.26. The molecule has 0 unspecified atom stereocenters. The molecule has 0 aliphatic carbocycles. The lowest BCUT2D eigenvalue weighted by Gasteiger charge is -2.10. The number of hydrogen-bond acceptors (Lipinski definition) is 3. The number of carbonyl (C=O) groups excluding carboxylic acids is 1. The quantitative estimate of drug-likeness (QED) is 0.851. The minimum atomic E-state index is -0.648. The summed E-state index contributed by atoms with van der Waals surface area (Å²) in [5.41, 5.74) is 11.4. The highest BCUT2D eigenvalue weighted by atomic mass is 79.9. The van der Waals surface area contributed by atoms with Crippen molar-refractivity contribution in [1.82, 2.24) is 0 Å². The van der Waals surface area contributed by atoms with Gasteiger partial charge in [0.25, 0.3) is 5.91 Å². The van der Waals surface area contributed by atoms with Crippen molar-refractivity contribution in [2.45, 2.75) is 0 Å². The fourth-order valence-corrected chi connectivity index (χ4v) is 1.99. The molecule has 0 aliphatic heterocycles. The van der Waals surface area contributed by atoms with Crippen LogP contribution in [0.2, 0.25) is 0 Å². The summed E-state index contributed by atoms with van der Waals surface area (Å²) >= 11 is 3.15. The highest BCUT2D eigenvalue weighted by Gasteiger charge is 2.11. The van der Waals surface area contributed by atoms with E-state index in [0.717, 1.165) is 0 Å². The highest BCUT2D eigenvalue weighted by molar-refractivity contribution is 9.10. The van der Waals surface area contributed by atoms with E-state index in [-0.39, 0.29) is 17.1 Å². The third-order valence-corrected chi connectivity index (χ3v) is 2.79. The molecule has 0 bridgehead atoms. The Morgan fingerprint density at radius 3 is 2.58 bits per heavy atom. The molecule has 0 fully saturated rings. The van der Waals surface area contributed by atoms with Crippen molar-refractivity contribution < 1.29 is 13.9 Å². The van der Waals surface area contributed by atoms with Crippen LogP contribution in [-0.2, 0) is 0 Å². The number of primary amides is 1. The molecule has 0 spiro atoms. The fraction of sp³-hybridized carbons (Fsp3) is 0. The average molecular weight is 325 g/mol. The number of carbonyl (C=O) groups is 1.